The van der Waals surface area contributed by atoms with Gasteiger partial charge in [0.05, 0.1) is 36.0 Å². The van der Waals surface area contributed by atoms with Crippen molar-refractivity contribution in [2.24, 2.45) is 0 Å². The maximum atomic E-state index is 13.3. The topological polar surface area (TPSA) is 88.7 Å². The summed E-state index contributed by atoms with van der Waals surface area (Å²) in [6.07, 6.45) is 1.55. The minimum Gasteiger partial charge on any atom is -0.363 e. The summed E-state index contributed by atoms with van der Waals surface area (Å²) in [5.74, 6) is -0.848. The van der Waals surface area contributed by atoms with Gasteiger partial charge in [-0.3, -0.25) is 19.1 Å². The number of imide groups is 1. The molecule has 1 N–H and O–H groups in total. The molecular weight excluding hydrogens is 367 g/mol. The summed E-state index contributed by atoms with van der Waals surface area (Å²) in [6.45, 7) is 5.53. The smallest absolute Gasteiger partial charge is 0.333 e. The van der Waals surface area contributed by atoms with Crippen molar-refractivity contribution in [2.75, 3.05) is 19.4 Å². The number of rotatable bonds is 8. The van der Waals surface area contributed by atoms with Crippen molar-refractivity contribution in [3.05, 3.63) is 59.4 Å². The largest absolute Gasteiger partial charge is 0.363 e. The molecule has 1 aromatic carbocycles. The van der Waals surface area contributed by atoms with E-state index in [2.05, 4.69) is 4.98 Å². The van der Waals surface area contributed by atoms with Crippen molar-refractivity contribution < 1.29 is 23.2 Å². The van der Waals surface area contributed by atoms with Crippen LogP contribution in [0.25, 0.3) is 0 Å². The van der Waals surface area contributed by atoms with Crippen LogP contribution in [0.3, 0.4) is 0 Å². The first kappa shape index (κ1) is 19.5. The second-order valence-corrected chi connectivity index (χ2v) is 8.51. The van der Waals surface area contributed by atoms with E-state index in [-0.39, 0.29) is 19.4 Å². The fourth-order valence-corrected chi connectivity index (χ4v) is 5.59. The van der Waals surface area contributed by atoms with Crippen molar-refractivity contribution >= 4 is 19.4 Å². The van der Waals surface area contributed by atoms with Gasteiger partial charge >= 0.3 is 7.60 Å². The molecule has 0 spiro atoms. The number of nitrogens with one attached hydrogen (secondary N) is 1. The molecule has 0 radical (unpaired) electrons. The van der Waals surface area contributed by atoms with Crippen LogP contribution in [-0.2, 0) is 19.2 Å². The van der Waals surface area contributed by atoms with E-state index in [1.807, 2.05) is 0 Å². The number of carbonyl (C=O) groups is 2. The van der Waals surface area contributed by atoms with E-state index in [4.69, 9.17) is 9.05 Å². The molecule has 2 heterocycles. The van der Waals surface area contributed by atoms with Crippen LogP contribution in [0.4, 0.5) is 0 Å². The van der Waals surface area contributed by atoms with Crippen LogP contribution in [-0.4, -0.2) is 41.1 Å². The van der Waals surface area contributed by atoms with Gasteiger partial charge in [0.2, 0.25) is 0 Å². The minimum atomic E-state index is -3.55. The molecule has 27 heavy (non-hydrogen) atoms. The molecule has 0 aliphatic carbocycles. The number of fused-ring (bicyclic) bond motifs is 1. The molecule has 2 aromatic rings. The molecular formula is C19H23N2O5P. The summed E-state index contributed by atoms with van der Waals surface area (Å²) in [5.41, 5.74) is 0.0267. The number of hydrogen-bond acceptors (Lipinski definition) is 5. The third-order valence-corrected chi connectivity index (χ3v) is 6.93. The summed E-state index contributed by atoms with van der Waals surface area (Å²) >= 11 is 0. The number of aromatic amines is 1. The first-order valence-electron chi connectivity index (χ1n) is 8.86. The lowest BCUT2D eigenvalue weighted by atomic mass is 9.98. The number of benzene rings is 1. The zero-order valence-electron chi connectivity index (χ0n) is 15.6. The van der Waals surface area contributed by atoms with Crippen LogP contribution in [0.15, 0.2) is 42.6 Å². The molecule has 0 saturated heterocycles. The van der Waals surface area contributed by atoms with E-state index in [0.29, 0.717) is 16.8 Å². The molecule has 7 nitrogen and oxygen atoms in total. The summed E-state index contributed by atoms with van der Waals surface area (Å²) < 4.78 is 24.1. The van der Waals surface area contributed by atoms with Crippen molar-refractivity contribution in [3.63, 3.8) is 0 Å². The maximum absolute atomic E-state index is 13.3. The Morgan fingerprint density at radius 2 is 1.56 bits per heavy atom. The van der Waals surface area contributed by atoms with Gasteiger partial charge in [-0.05, 0) is 45.0 Å². The lowest BCUT2D eigenvalue weighted by Crippen LogP contribution is -2.50. The molecule has 8 heteroatoms. The van der Waals surface area contributed by atoms with Gasteiger partial charge in [-0.2, -0.15) is 0 Å². The zero-order chi connectivity index (χ0) is 19.7. The lowest BCUT2D eigenvalue weighted by Gasteiger charge is -2.38. The highest BCUT2D eigenvalue weighted by Crippen LogP contribution is 2.54. The summed E-state index contributed by atoms with van der Waals surface area (Å²) in [4.78, 5) is 30.4. The molecule has 1 atom stereocenters. The minimum absolute atomic E-state index is 0.145. The number of carbonyl (C=O) groups excluding carboxylic acids is 2. The summed E-state index contributed by atoms with van der Waals surface area (Å²) in [5, 5.41) is 0. The van der Waals surface area contributed by atoms with Gasteiger partial charge < -0.3 is 14.0 Å². The molecule has 2 amide bonds. The van der Waals surface area contributed by atoms with Crippen LogP contribution in [0, 0.1) is 0 Å². The SMILES string of the molecule is CCOP(=O)(C[C@@](C)(c1ccc[nH]1)N1C(=O)c2ccccc2C1=O)OCC. The fourth-order valence-electron chi connectivity index (χ4n) is 3.48. The van der Waals surface area contributed by atoms with E-state index < -0.39 is 24.9 Å². The average molecular weight is 390 g/mol. The highest BCUT2D eigenvalue weighted by molar-refractivity contribution is 7.53. The molecule has 0 unspecified atom stereocenters. The van der Waals surface area contributed by atoms with Gasteiger partial charge in [0.25, 0.3) is 11.8 Å². The van der Waals surface area contributed by atoms with Crippen molar-refractivity contribution in [2.45, 2.75) is 26.3 Å². The fraction of sp³-hybridized carbons (Fsp3) is 0.368. The van der Waals surface area contributed by atoms with Gasteiger partial charge in [-0.25, -0.2) is 0 Å². The van der Waals surface area contributed by atoms with Crippen LogP contribution < -0.4 is 0 Å². The van der Waals surface area contributed by atoms with Crippen LogP contribution in [0.2, 0.25) is 0 Å². The Morgan fingerprint density at radius 3 is 2.00 bits per heavy atom. The van der Waals surface area contributed by atoms with E-state index in [0.717, 1.165) is 4.90 Å². The molecule has 1 aliphatic rings. The quantitative estimate of drug-likeness (QED) is 0.547. The maximum Gasteiger partial charge on any atom is 0.333 e. The second-order valence-electron chi connectivity index (χ2n) is 6.45. The Morgan fingerprint density at radius 1 is 1.00 bits per heavy atom. The van der Waals surface area contributed by atoms with Crippen molar-refractivity contribution in [1.82, 2.24) is 9.88 Å². The zero-order valence-corrected chi connectivity index (χ0v) is 16.5. The molecule has 3 rings (SSSR count). The van der Waals surface area contributed by atoms with Crippen molar-refractivity contribution in [1.29, 1.82) is 0 Å². The van der Waals surface area contributed by atoms with Crippen molar-refractivity contribution in [3.8, 4) is 0 Å². The van der Waals surface area contributed by atoms with E-state index in [1.165, 1.54) is 0 Å². The van der Waals surface area contributed by atoms with Gasteiger partial charge in [0.1, 0.15) is 0 Å². The summed E-state index contributed by atoms with van der Waals surface area (Å²) in [6, 6.07) is 10.2. The Balaban J connectivity index is 2.09. The highest BCUT2D eigenvalue weighted by atomic mass is 31.2. The Hall–Kier alpha value is -2.21. The van der Waals surface area contributed by atoms with E-state index in [1.54, 1.807) is 63.4 Å². The third kappa shape index (κ3) is 3.38. The number of hydrogen-bond donors (Lipinski definition) is 1. The standard InChI is InChI=1S/C19H23N2O5P/c1-4-25-27(24,26-5-2)13-19(3,16-11-8-12-20-16)21-17(22)14-9-6-7-10-15(14)18(21)23/h6-12,20H,4-5,13H2,1-3H3/t19-/m0/s1. The van der Waals surface area contributed by atoms with Crippen LogP contribution in [0.1, 0.15) is 47.2 Å². The molecule has 1 aliphatic heterocycles. The number of amides is 2. The summed E-state index contributed by atoms with van der Waals surface area (Å²) in [7, 11) is -3.55. The number of nitrogens with zero attached hydrogens (tertiary/aromatic N) is 1. The Bertz CT molecular complexity index is 850. The number of H-pyrrole nitrogens is 1. The molecule has 0 fully saturated rings. The Kier molecular flexibility index (Phi) is 5.38. The van der Waals surface area contributed by atoms with Crippen LogP contribution >= 0.6 is 7.60 Å². The van der Waals surface area contributed by atoms with E-state index >= 15 is 0 Å². The van der Waals surface area contributed by atoms with Gasteiger partial charge in [0, 0.05) is 11.9 Å². The molecule has 144 valence electrons. The Labute approximate surface area is 158 Å². The lowest BCUT2D eigenvalue weighted by molar-refractivity contribution is 0.0463. The highest BCUT2D eigenvalue weighted by Gasteiger charge is 2.51. The predicted molar refractivity (Wildman–Crippen MR) is 101 cm³/mol. The first-order valence-corrected chi connectivity index (χ1v) is 10.6. The first-order chi connectivity index (χ1) is 12.9. The molecule has 1 aromatic heterocycles. The monoisotopic (exact) mass is 390 g/mol. The normalized spacial score (nSPS) is 16.5. The molecule has 0 bridgehead atoms. The second kappa shape index (κ2) is 7.43. The van der Waals surface area contributed by atoms with Crippen LogP contribution in [0.5, 0.6) is 0 Å². The third-order valence-electron chi connectivity index (χ3n) is 4.62. The molecule has 0 saturated carbocycles. The predicted octanol–water partition coefficient (Wildman–Crippen LogP) is 3.79. The average Bonchev–Trinajstić information content (AvgIpc) is 3.24. The van der Waals surface area contributed by atoms with Gasteiger partial charge in [0.15, 0.2) is 0 Å². The van der Waals surface area contributed by atoms with E-state index in [9.17, 15) is 14.2 Å². The number of aromatic nitrogens is 1. The van der Waals surface area contributed by atoms with Gasteiger partial charge in [-0.15, -0.1) is 0 Å². The van der Waals surface area contributed by atoms with Gasteiger partial charge in [-0.1, -0.05) is 12.1 Å².